The fourth-order valence-corrected chi connectivity index (χ4v) is 6.08. The summed E-state index contributed by atoms with van der Waals surface area (Å²) in [6.45, 7) is 6.80. The maximum Gasteiger partial charge on any atom is 0.264 e. The number of carbonyl (C=O) groups is 2. The van der Waals surface area contributed by atoms with Gasteiger partial charge >= 0.3 is 0 Å². The van der Waals surface area contributed by atoms with Gasteiger partial charge in [-0.05, 0) is 81.3 Å². The molecule has 0 spiro atoms. The standard InChI is InChI=1S/C31H37Cl2N3O6S/c1-7-26(30(38)34-31(2,3)4)35(19-21-8-10-22(32)11-9-21)29(37)20-36(24-14-12-23(33)13-15-24)43(39,40)25-16-17-27(41-5)28(18-25)42-6/h8-18,26H,7,19-20H2,1-6H3,(H,34,38). The third-order valence-corrected chi connectivity index (χ3v) is 8.76. The van der Waals surface area contributed by atoms with Gasteiger partial charge in [-0.2, -0.15) is 0 Å². The number of halogens is 2. The third kappa shape index (κ3) is 8.78. The molecule has 0 aromatic heterocycles. The molecule has 3 aromatic carbocycles. The molecule has 2 amide bonds. The lowest BCUT2D eigenvalue weighted by atomic mass is 10.1. The van der Waals surface area contributed by atoms with Gasteiger partial charge in [-0.3, -0.25) is 13.9 Å². The van der Waals surface area contributed by atoms with Crippen LogP contribution in [0.15, 0.2) is 71.6 Å². The molecular formula is C31H37Cl2N3O6S. The molecule has 1 atom stereocenters. The maximum absolute atomic E-state index is 14.2. The number of rotatable bonds is 12. The summed E-state index contributed by atoms with van der Waals surface area (Å²) in [6, 6.07) is 16.3. The zero-order valence-electron chi connectivity index (χ0n) is 25.1. The van der Waals surface area contributed by atoms with Crippen LogP contribution >= 0.6 is 23.2 Å². The quantitative estimate of drug-likeness (QED) is 0.261. The first-order chi connectivity index (χ1) is 20.2. The van der Waals surface area contributed by atoms with E-state index in [0.29, 0.717) is 22.2 Å². The van der Waals surface area contributed by atoms with E-state index in [-0.39, 0.29) is 28.8 Å². The molecule has 1 N–H and O–H groups in total. The van der Waals surface area contributed by atoms with Crippen molar-refractivity contribution in [2.45, 2.75) is 57.1 Å². The average Bonchev–Trinajstić information content (AvgIpc) is 2.95. The van der Waals surface area contributed by atoms with Crippen molar-refractivity contribution < 1.29 is 27.5 Å². The Bertz CT molecular complexity index is 1520. The number of ether oxygens (including phenoxy) is 2. The largest absolute Gasteiger partial charge is 0.493 e. The number of carbonyl (C=O) groups excluding carboxylic acids is 2. The van der Waals surface area contributed by atoms with E-state index in [2.05, 4.69) is 5.32 Å². The minimum Gasteiger partial charge on any atom is -0.493 e. The normalized spacial score (nSPS) is 12.3. The molecule has 0 radical (unpaired) electrons. The van der Waals surface area contributed by atoms with Gasteiger partial charge in [0.25, 0.3) is 10.0 Å². The summed E-state index contributed by atoms with van der Waals surface area (Å²) in [5.74, 6) is -0.372. The zero-order chi connectivity index (χ0) is 31.9. The van der Waals surface area contributed by atoms with Gasteiger partial charge in [0.05, 0.1) is 24.8 Å². The number of nitrogens with one attached hydrogen (secondary N) is 1. The summed E-state index contributed by atoms with van der Waals surface area (Å²) in [5.41, 5.74) is 0.387. The lowest BCUT2D eigenvalue weighted by Gasteiger charge is -2.34. The van der Waals surface area contributed by atoms with Crippen molar-refractivity contribution in [3.05, 3.63) is 82.3 Å². The number of hydrogen-bond donors (Lipinski definition) is 1. The van der Waals surface area contributed by atoms with Gasteiger partial charge in [-0.15, -0.1) is 0 Å². The second kappa shape index (κ2) is 14.3. The average molecular weight is 651 g/mol. The second-order valence-electron chi connectivity index (χ2n) is 10.8. The van der Waals surface area contributed by atoms with Crippen molar-refractivity contribution in [1.82, 2.24) is 10.2 Å². The molecule has 0 fully saturated rings. The molecule has 0 aliphatic rings. The lowest BCUT2D eigenvalue weighted by molar-refractivity contribution is -0.141. The Morgan fingerprint density at radius 2 is 1.44 bits per heavy atom. The van der Waals surface area contributed by atoms with Gasteiger partial charge in [0.2, 0.25) is 11.8 Å². The van der Waals surface area contributed by atoms with Crippen molar-refractivity contribution in [2.75, 3.05) is 25.1 Å². The van der Waals surface area contributed by atoms with Gasteiger partial charge in [0.15, 0.2) is 11.5 Å². The molecule has 0 saturated carbocycles. The molecule has 1 unspecified atom stereocenters. The summed E-state index contributed by atoms with van der Waals surface area (Å²) < 4.78 is 39.8. The summed E-state index contributed by atoms with van der Waals surface area (Å²) in [4.78, 5) is 28.9. The molecule has 0 aliphatic carbocycles. The maximum atomic E-state index is 14.2. The lowest BCUT2D eigenvalue weighted by Crippen LogP contribution is -2.55. The minimum absolute atomic E-state index is 0.0525. The third-order valence-electron chi connectivity index (χ3n) is 6.49. The van der Waals surface area contributed by atoms with E-state index in [1.54, 1.807) is 31.2 Å². The summed E-state index contributed by atoms with van der Waals surface area (Å²) in [7, 11) is -1.48. The highest BCUT2D eigenvalue weighted by Gasteiger charge is 2.35. The van der Waals surface area contributed by atoms with Crippen LogP contribution in [-0.4, -0.2) is 57.5 Å². The first-order valence-electron chi connectivity index (χ1n) is 13.6. The smallest absolute Gasteiger partial charge is 0.264 e. The second-order valence-corrected chi connectivity index (χ2v) is 13.6. The number of anilines is 1. The molecule has 0 bridgehead atoms. The van der Waals surface area contributed by atoms with Crippen LogP contribution in [0.5, 0.6) is 11.5 Å². The van der Waals surface area contributed by atoms with Gasteiger partial charge in [-0.1, -0.05) is 42.3 Å². The Labute approximate surface area is 263 Å². The highest BCUT2D eigenvalue weighted by atomic mass is 35.5. The van der Waals surface area contributed by atoms with Crippen LogP contribution < -0.4 is 19.1 Å². The predicted octanol–water partition coefficient (Wildman–Crippen LogP) is 5.93. The van der Waals surface area contributed by atoms with Crippen molar-refractivity contribution in [1.29, 1.82) is 0 Å². The molecule has 0 aliphatic heterocycles. The topological polar surface area (TPSA) is 105 Å². The molecule has 0 heterocycles. The Kier molecular flexibility index (Phi) is 11.3. The number of hydrogen-bond acceptors (Lipinski definition) is 6. The SMILES string of the molecule is CCC(C(=O)NC(C)(C)C)N(Cc1ccc(Cl)cc1)C(=O)CN(c1ccc(Cl)cc1)S(=O)(=O)c1ccc(OC)c(OC)c1. The molecule has 9 nitrogen and oxygen atoms in total. The molecule has 0 saturated heterocycles. The van der Waals surface area contributed by atoms with Gasteiger partial charge in [0.1, 0.15) is 12.6 Å². The number of sulfonamides is 1. The van der Waals surface area contributed by atoms with Crippen LogP contribution in [-0.2, 0) is 26.2 Å². The van der Waals surface area contributed by atoms with E-state index in [1.807, 2.05) is 20.8 Å². The fraction of sp³-hybridized carbons (Fsp3) is 0.355. The van der Waals surface area contributed by atoms with E-state index in [4.69, 9.17) is 32.7 Å². The minimum atomic E-state index is -4.32. The van der Waals surface area contributed by atoms with Crippen molar-refractivity contribution in [3.8, 4) is 11.5 Å². The molecule has 232 valence electrons. The fourth-order valence-electron chi connectivity index (χ4n) is 4.40. The summed E-state index contributed by atoms with van der Waals surface area (Å²) >= 11 is 12.2. The Hall–Kier alpha value is -3.47. The van der Waals surface area contributed by atoms with Crippen LogP contribution in [0.2, 0.25) is 10.0 Å². The van der Waals surface area contributed by atoms with Crippen LogP contribution in [0.25, 0.3) is 0 Å². The number of amides is 2. The van der Waals surface area contributed by atoms with Crippen molar-refractivity contribution in [3.63, 3.8) is 0 Å². The summed E-state index contributed by atoms with van der Waals surface area (Å²) in [6.07, 6.45) is 0.296. The van der Waals surface area contributed by atoms with E-state index >= 15 is 0 Å². The highest BCUT2D eigenvalue weighted by molar-refractivity contribution is 7.92. The van der Waals surface area contributed by atoms with E-state index < -0.39 is 34.1 Å². The Morgan fingerprint density at radius 3 is 1.95 bits per heavy atom. The van der Waals surface area contributed by atoms with E-state index in [0.717, 1.165) is 9.87 Å². The molecule has 3 aromatic rings. The predicted molar refractivity (Wildman–Crippen MR) is 170 cm³/mol. The first kappa shape index (κ1) is 34.0. The Morgan fingerprint density at radius 1 is 0.884 bits per heavy atom. The van der Waals surface area contributed by atoms with Gasteiger partial charge in [0, 0.05) is 28.2 Å². The van der Waals surface area contributed by atoms with Crippen LogP contribution in [0, 0.1) is 0 Å². The molecule has 3 rings (SSSR count). The van der Waals surface area contributed by atoms with Crippen LogP contribution in [0.4, 0.5) is 5.69 Å². The van der Waals surface area contributed by atoms with E-state index in [9.17, 15) is 18.0 Å². The molecular weight excluding hydrogens is 613 g/mol. The van der Waals surface area contributed by atoms with Crippen LogP contribution in [0.1, 0.15) is 39.7 Å². The molecule has 12 heteroatoms. The van der Waals surface area contributed by atoms with Crippen molar-refractivity contribution in [2.24, 2.45) is 0 Å². The van der Waals surface area contributed by atoms with Crippen molar-refractivity contribution >= 4 is 50.7 Å². The first-order valence-corrected chi connectivity index (χ1v) is 15.8. The Balaban J connectivity index is 2.10. The van der Waals surface area contributed by atoms with Crippen LogP contribution in [0.3, 0.4) is 0 Å². The summed E-state index contributed by atoms with van der Waals surface area (Å²) in [5, 5.41) is 3.86. The number of nitrogens with zero attached hydrogens (tertiary/aromatic N) is 2. The zero-order valence-corrected chi connectivity index (χ0v) is 27.4. The molecule has 43 heavy (non-hydrogen) atoms. The monoisotopic (exact) mass is 649 g/mol. The number of methoxy groups -OCH3 is 2. The van der Waals surface area contributed by atoms with Gasteiger partial charge in [-0.25, -0.2) is 8.42 Å². The number of benzene rings is 3. The highest BCUT2D eigenvalue weighted by Crippen LogP contribution is 2.33. The van der Waals surface area contributed by atoms with Gasteiger partial charge < -0.3 is 19.7 Å². The van der Waals surface area contributed by atoms with E-state index in [1.165, 1.54) is 61.6 Å².